The fourth-order valence-electron chi connectivity index (χ4n) is 9.15. The first-order valence-electron chi connectivity index (χ1n) is 18.1. The van der Waals surface area contributed by atoms with Gasteiger partial charge in [-0.2, -0.15) is 5.01 Å². The van der Waals surface area contributed by atoms with Gasteiger partial charge in [-0.1, -0.05) is 75.1 Å². The summed E-state index contributed by atoms with van der Waals surface area (Å²) in [5, 5.41) is 12.3. The van der Waals surface area contributed by atoms with Crippen molar-refractivity contribution in [1.82, 2.24) is 5.01 Å². The van der Waals surface area contributed by atoms with Crippen LogP contribution in [-0.2, 0) is 24.6 Å². The number of methoxy groups -OCH3 is 3. The fourth-order valence-corrected chi connectivity index (χ4v) is 9.87. The Morgan fingerprint density at radius 3 is 2.16 bits per heavy atom. The summed E-state index contributed by atoms with van der Waals surface area (Å²) in [6, 6.07) is 22.0. The van der Waals surface area contributed by atoms with Gasteiger partial charge in [-0.25, -0.2) is 0 Å². The van der Waals surface area contributed by atoms with Crippen molar-refractivity contribution >= 4 is 80.2 Å². The van der Waals surface area contributed by atoms with Crippen molar-refractivity contribution in [2.45, 2.75) is 18.3 Å². The number of amides is 4. The minimum absolute atomic E-state index is 0.106. The Morgan fingerprint density at radius 2 is 1.53 bits per heavy atom. The van der Waals surface area contributed by atoms with E-state index in [9.17, 15) is 19.5 Å². The van der Waals surface area contributed by atoms with E-state index in [-0.39, 0.29) is 46.9 Å². The molecule has 0 radical (unpaired) electrons. The zero-order valence-electron chi connectivity index (χ0n) is 30.9. The molecule has 8 rings (SSSR count). The van der Waals surface area contributed by atoms with Crippen LogP contribution in [-0.4, -0.2) is 55.1 Å². The lowest BCUT2D eigenvalue weighted by atomic mass is 9.50. The van der Waals surface area contributed by atoms with E-state index in [1.165, 1.54) is 25.2 Å². The van der Waals surface area contributed by atoms with Gasteiger partial charge in [0.1, 0.15) is 5.75 Å². The molecule has 1 saturated carbocycles. The average molecular weight is 874 g/mol. The van der Waals surface area contributed by atoms with Crippen LogP contribution in [0.5, 0.6) is 23.0 Å². The number of carbonyl (C=O) groups excluding carboxylic acids is 4. The second-order valence-corrected chi connectivity index (χ2v) is 16.1. The Kier molecular flexibility index (Phi) is 10.1. The van der Waals surface area contributed by atoms with Crippen molar-refractivity contribution in [3.8, 4) is 23.0 Å². The Hall–Kier alpha value is -5.30. The number of imide groups is 2. The highest BCUT2D eigenvalue weighted by Crippen LogP contribution is 2.62. The van der Waals surface area contributed by atoms with E-state index in [0.717, 1.165) is 15.1 Å². The number of ether oxygens (including phenoxy) is 3. The summed E-state index contributed by atoms with van der Waals surface area (Å²) in [5.41, 5.74) is 4.11. The number of nitrogens with zero attached hydrogens (tertiary/aromatic N) is 2. The molecular weight excluding hydrogens is 837 g/mol. The molecule has 6 unspecified atom stereocenters. The number of fused-ring (bicyclic) bond motifs is 4. The maximum absolute atomic E-state index is 15.4. The lowest BCUT2D eigenvalue weighted by Gasteiger charge is -2.49. The quantitative estimate of drug-likeness (QED) is 0.126. The van der Waals surface area contributed by atoms with Crippen LogP contribution < -0.4 is 24.5 Å². The average Bonchev–Trinajstić information content (AvgIpc) is 3.59. The van der Waals surface area contributed by atoms with E-state index in [0.29, 0.717) is 33.3 Å². The van der Waals surface area contributed by atoms with Gasteiger partial charge in [0.15, 0.2) is 11.5 Å². The van der Waals surface area contributed by atoms with E-state index in [1.807, 2.05) is 12.2 Å². The molecule has 14 heteroatoms. The molecule has 3 fully saturated rings. The molecule has 4 aromatic carbocycles. The number of hydrogen-bond donors (Lipinski definition) is 2. The number of rotatable bonds is 9. The summed E-state index contributed by atoms with van der Waals surface area (Å²) in [6.45, 7) is 0. The molecule has 0 bridgehead atoms. The predicted octanol–water partition coefficient (Wildman–Crippen LogP) is 8.22. The minimum Gasteiger partial charge on any atom is -0.502 e. The van der Waals surface area contributed by atoms with Crippen LogP contribution in [0.15, 0.2) is 101 Å². The van der Waals surface area contributed by atoms with Gasteiger partial charge in [0, 0.05) is 15.4 Å². The van der Waals surface area contributed by atoms with Crippen molar-refractivity contribution in [2.24, 2.45) is 29.6 Å². The van der Waals surface area contributed by atoms with Crippen LogP contribution in [0.25, 0.3) is 6.08 Å². The molecule has 0 spiro atoms. The smallest absolute Gasteiger partial charge is 0.260 e. The second-order valence-electron chi connectivity index (χ2n) is 14.4. The third kappa shape index (κ3) is 6.16. The summed E-state index contributed by atoms with van der Waals surface area (Å²) in [6.07, 6.45) is 5.98. The standard InChI is InChI=1S/C43H36BrCl2N3O8/c1-55-27-12-5-23(6-13-27)43-31(16-4-22-18-35(56-2)38(50)36(19-22)57-3)28-14-15-29-37(41(53)48(39(29)51)26-10-7-24(44)8-11-26)30(28)21-32(43)40(52)49(42(43)54)47-34-17-9-25(45)20-33(34)46/h4-14,16-20,29-32,37,47,50H,15,21H2,1-3H3. The van der Waals surface area contributed by atoms with Gasteiger partial charge in [0.05, 0.1) is 60.9 Å². The normalized spacial score (nSPS) is 25.3. The lowest BCUT2D eigenvalue weighted by Crippen LogP contribution is -2.54. The van der Waals surface area contributed by atoms with Crippen LogP contribution >= 0.6 is 39.1 Å². The molecule has 2 aliphatic carbocycles. The first kappa shape index (κ1) is 38.6. The Labute approximate surface area is 346 Å². The van der Waals surface area contributed by atoms with E-state index in [2.05, 4.69) is 21.4 Å². The molecule has 6 atom stereocenters. The van der Waals surface area contributed by atoms with Gasteiger partial charge >= 0.3 is 0 Å². The Bertz CT molecular complexity index is 2360. The first-order valence-corrected chi connectivity index (χ1v) is 19.7. The minimum atomic E-state index is -1.54. The second kappa shape index (κ2) is 14.9. The summed E-state index contributed by atoms with van der Waals surface area (Å²) in [4.78, 5) is 60.3. The predicted molar refractivity (Wildman–Crippen MR) is 218 cm³/mol. The zero-order chi connectivity index (χ0) is 40.3. The number of benzene rings is 4. The maximum atomic E-state index is 15.4. The van der Waals surface area contributed by atoms with Gasteiger partial charge in [-0.05, 0) is 96.6 Å². The van der Waals surface area contributed by atoms with Crippen molar-refractivity contribution in [1.29, 1.82) is 0 Å². The lowest BCUT2D eigenvalue weighted by molar-refractivity contribution is -0.139. The van der Waals surface area contributed by atoms with Crippen molar-refractivity contribution in [3.63, 3.8) is 0 Å². The van der Waals surface area contributed by atoms with Crippen molar-refractivity contribution in [2.75, 3.05) is 31.7 Å². The monoisotopic (exact) mass is 871 g/mol. The first-order chi connectivity index (χ1) is 27.4. The van der Waals surface area contributed by atoms with Gasteiger partial charge < -0.3 is 19.3 Å². The number of phenolic OH excluding ortho intramolecular Hbond substituents is 1. The highest BCUT2D eigenvalue weighted by Gasteiger charge is 2.69. The van der Waals surface area contributed by atoms with Gasteiger partial charge in [-0.15, -0.1) is 0 Å². The van der Waals surface area contributed by atoms with Crippen molar-refractivity contribution in [3.05, 3.63) is 122 Å². The molecule has 4 amide bonds. The van der Waals surface area contributed by atoms with Gasteiger partial charge in [0.2, 0.25) is 17.6 Å². The number of nitrogens with one attached hydrogen (secondary N) is 1. The number of phenols is 1. The summed E-state index contributed by atoms with van der Waals surface area (Å²) >= 11 is 16.2. The van der Waals surface area contributed by atoms with Crippen LogP contribution in [0.1, 0.15) is 24.0 Å². The number of aromatic hydroxyl groups is 1. The Balaban J connectivity index is 1.32. The third-order valence-corrected chi connectivity index (χ3v) is 12.8. The summed E-state index contributed by atoms with van der Waals surface area (Å²) < 4.78 is 17.1. The Morgan fingerprint density at radius 1 is 0.842 bits per heavy atom. The largest absolute Gasteiger partial charge is 0.502 e. The molecule has 292 valence electrons. The van der Waals surface area contributed by atoms with Crippen LogP contribution in [0.4, 0.5) is 11.4 Å². The SMILES string of the molecule is COc1ccc(C23C(=O)N(Nc4ccc(Cl)cc4Cl)C(=O)C2CC2C(=CCC4C(=O)N(c5ccc(Br)cc5)C(=O)C42)C3C=Cc2cc(OC)c(O)c(OC)c2)cc1. The highest BCUT2D eigenvalue weighted by molar-refractivity contribution is 9.10. The molecule has 2 aliphatic heterocycles. The van der Waals surface area contributed by atoms with Gasteiger partial charge in [0.25, 0.3) is 11.8 Å². The number of hydrazine groups is 1. The topological polar surface area (TPSA) is 135 Å². The number of carbonyl (C=O) groups is 4. The molecule has 0 aromatic heterocycles. The molecule has 4 aromatic rings. The van der Waals surface area contributed by atoms with E-state index in [1.54, 1.807) is 86.0 Å². The van der Waals surface area contributed by atoms with Crippen LogP contribution in [0.3, 0.4) is 0 Å². The molecular formula is C43H36BrCl2N3O8. The van der Waals surface area contributed by atoms with E-state index >= 15 is 4.79 Å². The number of halogens is 3. The zero-order valence-corrected chi connectivity index (χ0v) is 34.0. The molecule has 2 saturated heterocycles. The maximum Gasteiger partial charge on any atom is 0.260 e. The molecule has 2 N–H and O–H groups in total. The summed E-state index contributed by atoms with van der Waals surface area (Å²) in [7, 11) is 4.39. The number of hydrogen-bond acceptors (Lipinski definition) is 9. The van der Waals surface area contributed by atoms with Crippen LogP contribution in [0.2, 0.25) is 10.0 Å². The van der Waals surface area contributed by atoms with E-state index in [4.69, 9.17) is 37.4 Å². The highest BCUT2D eigenvalue weighted by atomic mass is 79.9. The van der Waals surface area contributed by atoms with Crippen LogP contribution in [0, 0.1) is 29.6 Å². The van der Waals surface area contributed by atoms with Crippen molar-refractivity contribution < 1.29 is 38.5 Å². The molecule has 2 heterocycles. The third-order valence-electron chi connectivity index (χ3n) is 11.7. The van der Waals surface area contributed by atoms with E-state index < -0.39 is 46.8 Å². The summed E-state index contributed by atoms with van der Waals surface area (Å²) in [5.74, 6) is -4.82. The van der Waals surface area contributed by atoms with Gasteiger partial charge in [-0.3, -0.25) is 29.5 Å². The molecule has 4 aliphatic rings. The fraction of sp³-hybridized carbons (Fsp3) is 0.256. The molecule has 11 nitrogen and oxygen atoms in total. The molecule has 57 heavy (non-hydrogen) atoms. The number of allylic oxidation sites excluding steroid dienone is 3. The number of anilines is 2.